The van der Waals surface area contributed by atoms with Crippen LogP contribution in [-0.2, 0) is 17.9 Å². The van der Waals surface area contributed by atoms with E-state index in [-0.39, 0.29) is 30.7 Å². The largest absolute Gasteiger partial charge is 0.473 e. The Bertz CT molecular complexity index is 871. The lowest BCUT2D eigenvalue weighted by molar-refractivity contribution is -0.106. The van der Waals surface area contributed by atoms with Crippen LogP contribution in [0.4, 0.5) is 14.6 Å². The highest BCUT2D eigenvalue weighted by atomic mass is 19.2. The average molecular weight is 363 g/mol. The molecule has 1 aliphatic heterocycles. The Hall–Kier alpha value is -2.81. The first-order chi connectivity index (χ1) is 12.5. The average Bonchev–Trinajstić information content (AvgIpc) is 2.95. The van der Waals surface area contributed by atoms with E-state index in [1.54, 1.807) is 10.6 Å². The topological polar surface area (TPSA) is 83.2 Å². The van der Waals surface area contributed by atoms with Crippen LogP contribution in [0.25, 0.3) is 0 Å². The standard InChI is InChI=1S/C17H19F2N5O2/c1-21-8-12-9-24-16(23(12)4-5-25)7-15(22-17(24)20)26-10-11-2-3-13(18)14(19)6-11/h2-3,5-7,12,20-21H,4,8-10H2,1H3. The van der Waals surface area contributed by atoms with E-state index in [2.05, 4.69) is 10.3 Å². The second kappa shape index (κ2) is 7.61. The number of ether oxygens (including phenoxy) is 1. The van der Waals surface area contributed by atoms with Gasteiger partial charge in [-0.2, -0.15) is 4.98 Å². The number of nitrogens with zero attached hydrogens (tertiary/aromatic N) is 3. The van der Waals surface area contributed by atoms with E-state index in [4.69, 9.17) is 10.1 Å². The highest BCUT2D eigenvalue weighted by Gasteiger charge is 2.29. The van der Waals surface area contributed by atoms with Crippen molar-refractivity contribution in [1.82, 2.24) is 14.9 Å². The van der Waals surface area contributed by atoms with Gasteiger partial charge in [0.15, 0.2) is 11.6 Å². The first-order valence-electron chi connectivity index (χ1n) is 8.11. The monoisotopic (exact) mass is 363 g/mol. The molecule has 7 nitrogen and oxygen atoms in total. The van der Waals surface area contributed by atoms with E-state index in [9.17, 15) is 13.6 Å². The summed E-state index contributed by atoms with van der Waals surface area (Å²) in [7, 11) is 1.82. The maximum absolute atomic E-state index is 13.3. The van der Waals surface area contributed by atoms with Crippen LogP contribution in [0.15, 0.2) is 24.3 Å². The minimum Gasteiger partial charge on any atom is -0.473 e. The summed E-state index contributed by atoms with van der Waals surface area (Å²) < 4.78 is 33.5. The second-order valence-electron chi connectivity index (χ2n) is 5.95. The molecule has 0 amide bonds. The zero-order chi connectivity index (χ0) is 18.7. The van der Waals surface area contributed by atoms with Gasteiger partial charge in [0, 0.05) is 19.2 Å². The Morgan fingerprint density at radius 1 is 1.38 bits per heavy atom. The number of fused-ring (bicyclic) bond motifs is 1. The molecule has 1 atom stereocenters. The van der Waals surface area contributed by atoms with Gasteiger partial charge in [0.2, 0.25) is 11.5 Å². The number of hydrogen-bond acceptors (Lipinski definition) is 6. The highest BCUT2D eigenvalue weighted by molar-refractivity contribution is 5.61. The number of nitrogens with one attached hydrogen (secondary N) is 2. The normalized spacial score (nSPS) is 15.8. The number of aldehydes is 1. The molecule has 1 aromatic carbocycles. The van der Waals surface area contributed by atoms with Crippen molar-refractivity contribution in [2.24, 2.45) is 0 Å². The van der Waals surface area contributed by atoms with Crippen LogP contribution < -0.4 is 20.6 Å². The number of hydrogen-bond donors (Lipinski definition) is 2. The molecule has 0 saturated carbocycles. The van der Waals surface area contributed by atoms with Gasteiger partial charge in [-0.3, -0.25) is 9.98 Å². The van der Waals surface area contributed by atoms with Gasteiger partial charge >= 0.3 is 0 Å². The van der Waals surface area contributed by atoms with E-state index < -0.39 is 11.6 Å². The lowest BCUT2D eigenvalue weighted by Crippen LogP contribution is -2.40. The Balaban J connectivity index is 1.82. The van der Waals surface area contributed by atoms with Crippen molar-refractivity contribution in [3.8, 4) is 5.88 Å². The van der Waals surface area contributed by atoms with Crippen molar-refractivity contribution in [3.63, 3.8) is 0 Å². The number of carbonyl (C=O) groups excluding carboxylic acids is 1. The summed E-state index contributed by atoms with van der Waals surface area (Å²) in [5.74, 6) is -1.02. The molecule has 0 saturated heterocycles. The fourth-order valence-corrected chi connectivity index (χ4v) is 3.00. The molecule has 0 bridgehead atoms. The van der Waals surface area contributed by atoms with E-state index in [0.29, 0.717) is 24.5 Å². The molecule has 0 fully saturated rings. The fraction of sp³-hybridized carbons (Fsp3) is 0.353. The molecule has 0 aliphatic carbocycles. The smallest absolute Gasteiger partial charge is 0.226 e. The molecule has 2 aromatic rings. The van der Waals surface area contributed by atoms with Gasteiger partial charge in [-0.25, -0.2) is 8.78 Å². The maximum Gasteiger partial charge on any atom is 0.226 e. The van der Waals surface area contributed by atoms with Crippen LogP contribution in [0.2, 0.25) is 0 Å². The molecule has 3 rings (SSSR count). The van der Waals surface area contributed by atoms with Crippen LogP contribution in [0.5, 0.6) is 5.88 Å². The minimum absolute atomic E-state index is 0.0114. The van der Waals surface area contributed by atoms with Crippen LogP contribution >= 0.6 is 0 Å². The van der Waals surface area contributed by atoms with Gasteiger partial charge in [0.25, 0.3) is 0 Å². The molecule has 1 aromatic heterocycles. The molecule has 0 radical (unpaired) electrons. The summed E-state index contributed by atoms with van der Waals surface area (Å²) in [5, 5.41) is 11.2. The number of rotatable bonds is 7. The second-order valence-corrected chi connectivity index (χ2v) is 5.95. The quantitative estimate of drug-likeness (QED) is 0.712. The SMILES string of the molecule is CNCC1Cn2c(cc(OCc3ccc(F)c(F)c3)nc2=N)N1CC=O. The third-order valence-electron chi connectivity index (χ3n) is 4.21. The van der Waals surface area contributed by atoms with Crippen LogP contribution in [0.1, 0.15) is 5.56 Å². The van der Waals surface area contributed by atoms with E-state index in [1.807, 2.05) is 11.9 Å². The third-order valence-corrected chi connectivity index (χ3v) is 4.21. The first kappa shape index (κ1) is 18.0. The number of benzene rings is 1. The first-order valence-corrected chi connectivity index (χ1v) is 8.11. The Labute approximate surface area is 148 Å². The van der Waals surface area contributed by atoms with Gasteiger partial charge in [-0.05, 0) is 24.7 Å². The molecule has 1 aliphatic rings. The van der Waals surface area contributed by atoms with E-state index in [1.165, 1.54) is 6.07 Å². The van der Waals surface area contributed by atoms with Crippen molar-refractivity contribution < 1.29 is 18.3 Å². The van der Waals surface area contributed by atoms with Crippen molar-refractivity contribution >= 4 is 12.1 Å². The van der Waals surface area contributed by atoms with E-state index >= 15 is 0 Å². The highest BCUT2D eigenvalue weighted by Crippen LogP contribution is 2.26. The van der Waals surface area contributed by atoms with Crippen molar-refractivity contribution in [2.75, 3.05) is 25.0 Å². The number of halogens is 2. The fourth-order valence-electron chi connectivity index (χ4n) is 3.00. The molecule has 2 heterocycles. The molecule has 1 unspecified atom stereocenters. The number of anilines is 1. The Morgan fingerprint density at radius 3 is 2.88 bits per heavy atom. The Kier molecular flexibility index (Phi) is 5.27. The van der Waals surface area contributed by atoms with Crippen LogP contribution in [0.3, 0.4) is 0 Å². The summed E-state index contributed by atoms with van der Waals surface area (Å²) in [5.41, 5.74) is 0.459. The van der Waals surface area contributed by atoms with Crippen LogP contribution in [0, 0.1) is 17.0 Å². The molecular formula is C17H19F2N5O2. The molecule has 138 valence electrons. The van der Waals surface area contributed by atoms with Gasteiger partial charge in [-0.1, -0.05) is 6.07 Å². The summed E-state index contributed by atoms with van der Waals surface area (Å²) in [6.07, 6.45) is 0.810. The van der Waals surface area contributed by atoms with Crippen LogP contribution in [-0.4, -0.2) is 42.0 Å². The van der Waals surface area contributed by atoms with Gasteiger partial charge in [0.1, 0.15) is 18.7 Å². The maximum atomic E-state index is 13.3. The van der Waals surface area contributed by atoms with Crippen molar-refractivity contribution in [2.45, 2.75) is 19.2 Å². The minimum atomic E-state index is -0.947. The summed E-state index contributed by atoms with van der Waals surface area (Å²) >= 11 is 0. The van der Waals surface area contributed by atoms with Crippen molar-refractivity contribution in [3.05, 3.63) is 47.1 Å². The predicted molar refractivity (Wildman–Crippen MR) is 89.9 cm³/mol. The number of carbonyl (C=O) groups is 1. The third kappa shape index (κ3) is 3.57. The predicted octanol–water partition coefficient (Wildman–Crippen LogP) is 0.827. The van der Waals surface area contributed by atoms with Gasteiger partial charge in [-0.15, -0.1) is 0 Å². The zero-order valence-electron chi connectivity index (χ0n) is 14.2. The molecular weight excluding hydrogens is 344 g/mol. The molecule has 2 N–H and O–H groups in total. The molecule has 26 heavy (non-hydrogen) atoms. The zero-order valence-corrected chi connectivity index (χ0v) is 14.2. The summed E-state index contributed by atoms with van der Waals surface area (Å²) in [6, 6.07) is 5.18. The molecule has 9 heteroatoms. The lowest BCUT2D eigenvalue weighted by atomic mass is 10.2. The van der Waals surface area contributed by atoms with Gasteiger partial charge < -0.3 is 19.7 Å². The number of aromatic nitrogens is 2. The lowest BCUT2D eigenvalue weighted by Gasteiger charge is -2.23. The number of likely N-dealkylation sites (N-methyl/N-ethyl adjacent to an activating group) is 1. The van der Waals surface area contributed by atoms with E-state index in [0.717, 1.165) is 18.4 Å². The Morgan fingerprint density at radius 2 is 2.19 bits per heavy atom. The summed E-state index contributed by atoms with van der Waals surface area (Å²) in [6.45, 7) is 1.37. The summed E-state index contributed by atoms with van der Waals surface area (Å²) in [4.78, 5) is 17.0. The molecule has 0 spiro atoms. The van der Waals surface area contributed by atoms with Gasteiger partial charge in [0.05, 0.1) is 12.6 Å². The van der Waals surface area contributed by atoms with Crippen molar-refractivity contribution in [1.29, 1.82) is 5.41 Å².